The molecule has 2 fully saturated rings. The molecular formula is C33H32F3N5O5. The van der Waals surface area contributed by atoms with Gasteiger partial charge in [0.15, 0.2) is 0 Å². The molecule has 3 heterocycles. The number of hydrogen-bond acceptors (Lipinski definition) is 7. The van der Waals surface area contributed by atoms with Crippen LogP contribution in [0.15, 0.2) is 48.7 Å². The van der Waals surface area contributed by atoms with Gasteiger partial charge >= 0.3 is 6.18 Å². The van der Waals surface area contributed by atoms with Gasteiger partial charge in [-0.25, -0.2) is 4.98 Å². The first-order valence-electron chi connectivity index (χ1n) is 15.1. The fourth-order valence-corrected chi connectivity index (χ4v) is 5.91. The van der Waals surface area contributed by atoms with Crippen molar-refractivity contribution < 1.29 is 37.3 Å². The van der Waals surface area contributed by atoms with Crippen LogP contribution >= 0.6 is 0 Å². The predicted molar refractivity (Wildman–Crippen MR) is 161 cm³/mol. The first-order chi connectivity index (χ1) is 21.8. The van der Waals surface area contributed by atoms with Crippen LogP contribution in [0.1, 0.15) is 71.7 Å². The summed E-state index contributed by atoms with van der Waals surface area (Å²) in [6.07, 6.45) is 0.575. The number of hydrogen-bond donors (Lipinski definition) is 3. The zero-order chi connectivity index (χ0) is 32.6. The Bertz CT molecular complexity index is 1880. The molecule has 4 aromatic rings. The van der Waals surface area contributed by atoms with Gasteiger partial charge in [0.1, 0.15) is 34.7 Å². The average Bonchev–Trinajstić information content (AvgIpc) is 3.98. The van der Waals surface area contributed by atoms with Crippen LogP contribution < -0.4 is 20.5 Å². The molecule has 1 aliphatic heterocycles. The van der Waals surface area contributed by atoms with E-state index in [0.29, 0.717) is 22.4 Å². The van der Waals surface area contributed by atoms with Crippen molar-refractivity contribution in [1.29, 1.82) is 0 Å². The lowest BCUT2D eigenvalue weighted by Gasteiger charge is -2.31. The second-order valence-corrected chi connectivity index (χ2v) is 12.6. The number of methoxy groups -OCH3 is 1. The highest BCUT2D eigenvalue weighted by Crippen LogP contribution is 2.48. The summed E-state index contributed by atoms with van der Waals surface area (Å²) in [5, 5.41) is 18.8. The van der Waals surface area contributed by atoms with E-state index in [0.717, 1.165) is 37.3 Å². The molecule has 2 aromatic heterocycles. The largest absolute Gasteiger partial charge is 0.494 e. The van der Waals surface area contributed by atoms with E-state index < -0.39 is 41.2 Å². The number of rotatable bonds is 9. The number of halogens is 3. The van der Waals surface area contributed by atoms with E-state index in [2.05, 4.69) is 15.4 Å². The van der Waals surface area contributed by atoms with Crippen molar-refractivity contribution in [2.24, 2.45) is 5.73 Å². The fraction of sp³-hybridized carbons (Fsp3) is 0.394. The lowest BCUT2D eigenvalue weighted by atomic mass is 9.81. The van der Waals surface area contributed by atoms with Crippen molar-refractivity contribution in [2.75, 3.05) is 20.3 Å². The second kappa shape index (κ2) is 10.4. The molecule has 13 heteroatoms. The van der Waals surface area contributed by atoms with Crippen LogP contribution in [-0.2, 0) is 15.8 Å². The number of primary amides is 1. The van der Waals surface area contributed by atoms with Gasteiger partial charge in [-0.05, 0) is 62.3 Å². The summed E-state index contributed by atoms with van der Waals surface area (Å²) < 4.78 is 57.6. The predicted octanol–water partition coefficient (Wildman–Crippen LogP) is 4.63. The Balaban J connectivity index is 1.26. The number of aliphatic hydroxyl groups is 1. The molecule has 46 heavy (non-hydrogen) atoms. The number of pyridine rings is 1. The second-order valence-electron chi connectivity index (χ2n) is 12.6. The van der Waals surface area contributed by atoms with Gasteiger partial charge in [0.25, 0.3) is 5.91 Å². The Hall–Kier alpha value is -4.65. The lowest BCUT2D eigenvalue weighted by Crippen LogP contribution is -2.51. The molecule has 3 aliphatic rings. The van der Waals surface area contributed by atoms with Crippen molar-refractivity contribution in [3.63, 3.8) is 0 Å². The Morgan fingerprint density at radius 1 is 1.15 bits per heavy atom. The maximum Gasteiger partial charge on any atom is 0.424 e. The quantitative estimate of drug-likeness (QED) is 0.244. The number of carbonyl (C=O) groups is 2. The maximum atomic E-state index is 14.8. The number of alkyl halides is 3. The normalized spacial score (nSPS) is 20.6. The molecule has 4 N–H and O–H groups in total. The number of fused-ring (bicyclic) bond motifs is 2. The molecule has 0 spiro atoms. The van der Waals surface area contributed by atoms with Gasteiger partial charge in [-0.2, -0.15) is 18.3 Å². The van der Waals surface area contributed by atoms with Crippen molar-refractivity contribution >= 4 is 22.7 Å². The number of carbonyl (C=O) groups excluding carboxylic acids is 2. The molecule has 10 nitrogen and oxygen atoms in total. The zero-order valence-corrected chi connectivity index (χ0v) is 25.1. The molecular weight excluding hydrogens is 603 g/mol. The smallest absolute Gasteiger partial charge is 0.424 e. The molecule has 1 unspecified atom stereocenters. The number of nitrogens with zero attached hydrogens (tertiary/aromatic N) is 3. The van der Waals surface area contributed by atoms with E-state index in [4.69, 9.17) is 15.2 Å². The molecule has 2 amide bonds. The third-order valence-corrected chi connectivity index (χ3v) is 9.24. The summed E-state index contributed by atoms with van der Waals surface area (Å²) in [5.41, 5.74) is 1.94. The maximum absolute atomic E-state index is 14.8. The van der Waals surface area contributed by atoms with E-state index >= 15 is 0 Å². The number of nitrogens with one attached hydrogen (secondary N) is 1. The number of ether oxygens (including phenoxy) is 2. The number of amides is 2. The van der Waals surface area contributed by atoms with Crippen LogP contribution in [-0.4, -0.2) is 58.1 Å². The minimum atomic E-state index is -5.29. The first kappa shape index (κ1) is 30.0. The Morgan fingerprint density at radius 3 is 2.48 bits per heavy atom. The van der Waals surface area contributed by atoms with Gasteiger partial charge < -0.3 is 25.6 Å². The van der Waals surface area contributed by atoms with E-state index in [-0.39, 0.29) is 41.0 Å². The van der Waals surface area contributed by atoms with Gasteiger partial charge in [0.2, 0.25) is 11.5 Å². The molecule has 0 saturated heterocycles. The fourth-order valence-electron chi connectivity index (χ4n) is 5.91. The van der Waals surface area contributed by atoms with Crippen LogP contribution in [0.3, 0.4) is 0 Å². The minimum absolute atomic E-state index is 0.0247. The van der Waals surface area contributed by atoms with Crippen LogP contribution in [0, 0.1) is 0 Å². The molecule has 2 aliphatic carbocycles. The van der Waals surface area contributed by atoms with Crippen molar-refractivity contribution in [1.82, 2.24) is 20.1 Å². The lowest BCUT2D eigenvalue weighted by molar-refractivity contribution is -0.265. The van der Waals surface area contributed by atoms with Crippen molar-refractivity contribution in [3.05, 3.63) is 71.0 Å². The molecule has 2 aromatic carbocycles. The van der Waals surface area contributed by atoms with E-state index in [1.54, 1.807) is 23.0 Å². The van der Waals surface area contributed by atoms with Crippen LogP contribution in [0.5, 0.6) is 11.5 Å². The Kier molecular flexibility index (Phi) is 6.82. The molecule has 7 rings (SSSR count). The minimum Gasteiger partial charge on any atom is -0.494 e. The van der Waals surface area contributed by atoms with E-state index in [1.165, 1.54) is 26.2 Å². The van der Waals surface area contributed by atoms with Gasteiger partial charge in [0.05, 0.1) is 25.4 Å². The zero-order valence-electron chi connectivity index (χ0n) is 25.1. The van der Waals surface area contributed by atoms with Crippen LogP contribution in [0.2, 0.25) is 0 Å². The van der Waals surface area contributed by atoms with E-state index in [9.17, 15) is 27.9 Å². The summed E-state index contributed by atoms with van der Waals surface area (Å²) in [6.45, 7) is -0.00990. The highest BCUT2D eigenvalue weighted by Gasteiger charge is 2.57. The Morgan fingerprint density at radius 2 is 1.87 bits per heavy atom. The SMILES string of the molecule is COc1cc(C(=O)NCC(O)(c2cc3c(c(-c4ccc(C5CC5)cc4)n2)OC[C@]3(C)C(N)=O)C(F)(F)F)cc2cn(C3CC3)nc12. The third kappa shape index (κ3) is 4.93. The van der Waals surface area contributed by atoms with Crippen molar-refractivity contribution in [3.8, 4) is 22.8 Å². The van der Waals surface area contributed by atoms with Crippen LogP contribution in [0.25, 0.3) is 22.2 Å². The van der Waals surface area contributed by atoms with Gasteiger partial charge in [-0.15, -0.1) is 0 Å². The summed E-state index contributed by atoms with van der Waals surface area (Å²) in [5.74, 6) is -0.829. The Labute approximate surface area is 261 Å². The summed E-state index contributed by atoms with van der Waals surface area (Å²) in [7, 11) is 1.41. The molecule has 240 valence electrons. The standard InChI is InChI=1S/C33H32F3N5O5/c1-31(30(37)43)16-46-28-23(31)13-25(39-27(28)19-7-5-18(6-8-19)17-3-4-17)32(44,33(34,35)36)15-38-29(42)20-11-21-14-41(22-9-10-22)40-26(21)24(12-20)45-2/h5-8,11-14,17,22,44H,3-4,9-10,15-16H2,1-2H3,(H2,37,43)(H,38,42)/t31-,32?/m0/s1. The average molecular weight is 636 g/mol. The van der Waals surface area contributed by atoms with Gasteiger partial charge in [0, 0.05) is 28.3 Å². The highest BCUT2D eigenvalue weighted by atomic mass is 19.4. The topological polar surface area (TPSA) is 142 Å². The number of benzene rings is 2. The van der Waals surface area contributed by atoms with Gasteiger partial charge in [-0.1, -0.05) is 24.3 Å². The third-order valence-electron chi connectivity index (χ3n) is 9.24. The molecule has 0 bridgehead atoms. The summed E-state index contributed by atoms with van der Waals surface area (Å²) >= 11 is 0. The molecule has 2 atom stereocenters. The van der Waals surface area contributed by atoms with Crippen LogP contribution in [0.4, 0.5) is 13.2 Å². The van der Waals surface area contributed by atoms with Gasteiger partial charge in [-0.3, -0.25) is 14.3 Å². The monoisotopic (exact) mass is 635 g/mol. The number of nitrogens with two attached hydrogens (primary N) is 1. The highest BCUT2D eigenvalue weighted by molar-refractivity contribution is 6.00. The number of aromatic nitrogens is 3. The molecule has 0 radical (unpaired) electrons. The summed E-state index contributed by atoms with van der Waals surface area (Å²) in [6, 6.07) is 11.4. The van der Waals surface area contributed by atoms with Crippen molar-refractivity contribution in [2.45, 2.75) is 61.8 Å². The first-order valence-corrected chi connectivity index (χ1v) is 15.1. The summed E-state index contributed by atoms with van der Waals surface area (Å²) in [4.78, 5) is 30.1. The molecule has 2 saturated carbocycles. The van der Waals surface area contributed by atoms with E-state index in [1.807, 2.05) is 12.1 Å².